The minimum absolute atomic E-state index is 0.132. The van der Waals surface area contributed by atoms with Crippen molar-refractivity contribution in [3.63, 3.8) is 0 Å². The zero-order chi connectivity index (χ0) is 46.3. The Hall–Kier alpha value is -3.83. The molecule has 5 fully saturated rings. The zero-order valence-electron chi connectivity index (χ0n) is 35.6. The lowest BCUT2D eigenvalue weighted by Crippen LogP contribution is -2.66. The Morgan fingerprint density at radius 2 is 1.57 bits per heavy atom. The summed E-state index contributed by atoms with van der Waals surface area (Å²) < 4.78 is 47.6. The monoisotopic (exact) mass is 921 g/mol. The summed E-state index contributed by atoms with van der Waals surface area (Å²) >= 11 is 0. The van der Waals surface area contributed by atoms with Gasteiger partial charge in [-0.2, -0.15) is 0 Å². The molecule has 6 unspecified atom stereocenters. The van der Waals surface area contributed by atoms with Gasteiger partial charge >= 0.3 is 0 Å². The molecule has 0 radical (unpaired) electrons. The first kappa shape index (κ1) is 47.7. The largest absolute Gasteiger partial charge is 0.423 e. The fraction of sp³-hybridized carbons (Fsp3) is 0.707. The number of anilines is 1. The Balaban J connectivity index is 0.890. The molecule has 3 saturated heterocycles. The smallest absolute Gasteiger partial charge is 0.298 e. The lowest BCUT2D eigenvalue weighted by atomic mass is 9.77. The van der Waals surface area contributed by atoms with E-state index in [0.29, 0.717) is 69.0 Å². The molecule has 2 aromatic heterocycles. The van der Waals surface area contributed by atoms with Gasteiger partial charge in [0, 0.05) is 57.5 Å². The van der Waals surface area contributed by atoms with E-state index in [1.807, 2.05) is 15.7 Å². The normalized spacial score (nSPS) is 36.0. The number of fused-ring (bicyclic) bond motifs is 1. The van der Waals surface area contributed by atoms with Crippen molar-refractivity contribution in [2.45, 2.75) is 130 Å². The molecule has 0 amide bonds. The fourth-order valence-electron chi connectivity index (χ4n) is 9.47. The molecule has 15 atom stereocenters. The highest BCUT2D eigenvalue weighted by Crippen LogP contribution is 2.40. The molecule has 23 nitrogen and oxygen atoms in total. The van der Waals surface area contributed by atoms with Gasteiger partial charge in [0.1, 0.15) is 60.8 Å². The number of hydrogen-bond acceptors (Lipinski definition) is 21. The van der Waals surface area contributed by atoms with Crippen LogP contribution in [0.4, 0.5) is 10.1 Å². The van der Waals surface area contributed by atoms with Crippen molar-refractivity contribution in [1.29, 1.82) is 0 Å². The van der Waals surface area contributed by atoms with Gasteiger partial charge in [-0.15, -0.1) is 5.10 Å². The fourth-order valence-corrected chi connectivity index (χ4v) is 9.47. The standard InChI is InChI=1S/C41H60FN9O14/c42-23-12-22-25(51(21-3-4-21)16-28(31(22)54)61-18-53)13-26(23)49-8-5-48(6-9-49)7-10-50-15-20(46-47-50)2-1-19-11-24(44)39(65-41-36(59)35(58)33(56)27(14-43)62-41)37(60)38(19)64-40-34(57)30(45)32(55)29(17-52)63-40/h12-13,15-16,18-19,21,24,27,29-30,32-41,52,55-60H,1-11,14,17,43-45H2/t19-,24?,27?,29-,30-,32?,33-,34-,35+,36?,37-,38?,39-,40?,41-/m0/s1. The Morgan fingerprint density at radius 3 is 2.26 bits per heavy atom. The van der Waals surface area contributed by atoms with E-state index in [-0.39, 0.29) is 36.6 Å². The molecule has 0 bridgehead atoms. The summed E-state index contributed by atoms with van der Waals surface area (Å²) in [6.45, 7) is 2.86. The van der Waals surface area contributed by atoms with Crippen molar-refractivity contribution in [3.8, 4) is 5.75 Å². The molecule has 360 valence electrons. The van der Waals surface area contributed by atoms with Crippen LogP contribution in [0.15, 0.2) is 29.3 Å². The number of benzene rings is 1. The Morgan fingerprint density at radius 1 is 0.862 bits per heavy atom. The molecule has 2 aliphatic carbocycles. The maximum absolute atomic E-state index is 15.6. The lowest BCUT2D eigenvalue weighted by Gasteiger charge is -2.49. The van der Waals surface area contributed by atoms with E-state index in [0.717, 1.165) is 12.8 Å². The lowest BCUT2D eigenvalue weighted by molar-refractivity contribution is -0.335. The van der Waals surface area contributed by atoms with Crippen LogP contribution in [0.1, 0.15) is 37.4 Å². The third-order valence-electron chi connectivity index (χ3n) is 13.5. The van der Waals surface area contributed by atoms with Crippen LogP contribution >= 0.6 is 0 Å². The summed E-state index contributed by atoms with van der Waals surface area (Å²) in [5.74, 6) is -1.18. The van der Waals surface area contributed by atoms with Crippen LogP contribution in [0.3, 0.4) is 0 Å². The number of nitrogens with zero attached hydrogens (tertiary/aromatic N) is 6. The minimum atomic E-state index is -1.72. The van der Waals surface area contributed by atoms with Gasteiger partial charge in [-0.25, -0.2) is 4.39 Å². The van der Waals surface area contributed by atoms with Gasteiger partial charge in [-0.1, -0.05) is 5.21 Å². The van der Waals surface area contributed by atoms with E-state index in [1.54, 1.807) is 10.7 Å². The second-order valence-electron chi connectivity index (χ2n) is 17.7. The van der Waals surface area contributed by atoms with E-state index >= 15 is 4.39 Å². The molecule has 65 heavy (non-hydrogen) atoms. The number of nitrogens with two attached hydrogens (primary N) is 3. The maximum Gasteiger partial charge on any atom is 0.298 e. The molecule has 3 aromatic rings. The molecule has 24 heteroatoms. The molecule has 13 N–H and O–H groups in total. The summed E-state index contributed by atoms with van der Waals surface area (Å²) in [5, 5.41) is 83.3. The van der Waals surface area contributed by atoms with Crippen molar-refractivity contribution in [2.24, 2.45) is 23.1 Å². The predicted molar refractivity (Wildman–Crippen MR) is 223 cm³/mol. The second kappa shape index (κ2) is 20.2. The number of aromatic nitrogens is 4. The molecule has 1 aromatic carbocycles. The Bertz CT molecular complexity index is 2160. The van der Waals surface area contributed by atoms with Gasteiger partial charge in [0.2, 0.25) is 5.43 Å². The number of rotatable bonds is 16. The molecule has 5 heterocycles. The third-order valence-corrected chi connectivity index (χ3v) is 13.5. The number of aliphatic hydroxyl groups is 7. The minimum Gasteiger partial charge on any atom is -0.423 e. The number of piperazine rings is 1. The Kier molecular flexibility index (Phi) is 14.8. The van der Waals surface area contributed by atoms with Crippen molar-refractivity contribution in [1.82, 2.24) is 24.5 Å². The number of aryl methyl sites for hydroxylation is 1. The predicted octanol–water partition coefficient (Wildman–Crippen LogP) is -4.63. The SMILES string of the molecule is NCC1O[C@@H](O[C@H]2C(N)C[C@H](CCc3cn(CCN4CCN(c5cc6c(cc5F)c(=O)c(OC=O)cn6C5CC5)CC4)nn3)C(OC3O[C@@H](CO)C(O)[C@H](N)[C@@H]3O)[C@@H]2O)C(O)[C@H](O)[C@H]1O. The first-order valence-corrected chi connectivity index (χ1v) is 22.1. The molecular weight excluding hydrogens is 861 g/mol. The van der Waals surface area contributed by atoms with Crippen molar-refractivity contribution in [2.75, 3.05) is 50.8 Å². The van der Waals surface area contributed by atoms with Crippen LogP contribution in [0.25, 0.3) is 10.9 Å². The molecule has 8 rings (SSSR count). The summed E-state index contributed by atoms with van der Waals surface area (Å²) in [7, 11) is 0. The summed E-state index contributed by atoms with van der Waals surface area (Å²) in [4.78, 5) is 28.2. The highest BCUT2D eigenvalue weighted by Gasteiger charge is 2.52. The van der Waals surface area contributed by atoms with Crippen LogP contribution in [-0.2, 0) is 36.7 Å². The van der Waals surface area contributed by atoms with Crippen LogP contribution in [0.2, 0.25) is 0 Å². The number of ether oxygens (including phenoxy) is 5. The van der Waals surface area contributed by atoms with E-state index in [2.05, 4.69) is 15.2 Å². The number of aliphatic hydroxyl groups excluding tert-OH is 7. The highest BCUT2D eigenvalue weighted by atomic mass is 19.1. The second-order valence-corrected chi connectivity index (χ2v) is 17.7. The maximum atomic E-state index is 15.6. The molecule has 5 aliphatic rings. The van der Waals surface area contributed by atoms with Gasteiger partial charge in [0.25, 0.3) is 6.47 Å². The zero-order valence-corrected chi connectivity index (χ0v) is 35.6. The van der Waals surface area contributed by atoms with Gasteiger partial charge in [0.15, 0.2) is 18.3 Å². The average Bonchev–Trinajstić information content (AvgIpc) is 4.05. The quantitative estimate of drug-likeness (QED) is 0.0604. The summed E-state index contributed by atoms with van der Waals surface area (Å²) in [5.41, 5.74) is 19.4. The van der Waals surface area contributed by atoms with E-state index < -0.39 is 109 Å². The Labute approximate surface area is 371 Å². The van der Waals surface area contributed by atoms with Crippen molar-refractivity contribution < 1.29 is 68.6 Å². The van der Waals surface area contributed by atoms with Gasteiger partial charge in [-0.3, -0.25) is 19.2 Å². The van der Waals surface area contributed by atoms with Crippen LogP contribution in [0.5, 0.6) is 5.75 Å². The van der Waals surface area contributed by atoms with Crippen LogP contribution in [0, 0.1) is 11.7 Å². The topological polar surface area (TPSA) is 342 Å². The van der Waals surface area contributed by atoms with Crippen LogP contribution < -0.4 is 32.3 Å². The summed E-state index contributed by atoms with van der Waals surface area (Å²) in [6.07, 6.45) is -11.1. The molecule has 3 aliphatic heterocycles. The number of hydrogen-bond donors (Lipinski definition) is 10. The number of carbonyl (C=O) groups is 1. The number of halogens is 1. The first-order valence-electron chi connectivity index (χ1n) is 22.1. The third kappa shape index (κ3) is 9.93. The molecule has 0 spiro atoms. The molecule has 2 saturated carbocycles. The van der Waals surface area contributed by atoms with Crippen LogP contribution in [-0.4, -0.2) is 198 Å². The number of pyridine rings is 1. The summed E-state index contributed by atoms with van der Waals surface area (Å²) in [6, 6.07) is 0.952. The van der Waals surface area contributed by atoms with Crippen molar-refractivity contribution in [3.05, 3.63) is 46.3 Å². The average molecular weight is 922 g/mol. The van der Waals surface area contributed by atoms with Crippen molar-refractivity contribution >= 4 is 23.1 Å². The van der Waals surface area contributed by atoms with E-state index in [1.165, 1.54) is 12.3 Å². The first-order chi connectivity index (χ1) is 31.2. The van der Waals surface area contributed by atoms with Gasteiger partial charge < -0.3 is 86.1 Å². The van der Waals surface area contributed by atoms with Gasteiger partial charge in [0.05, 0.1) is 53.8 Å². The molecular formula is C41H60FN9O14. The van der Waals surface area contributed by atoms with Gasteiger partial charge in [-0.05, 0) is 50.2 Å². The number of carbonyl (C=O) groups excluding carboxylic acids is 1. The highest BCUT2D eigenvalue weighted by molar-refractivity contribution is 5.85. The van der Waals surface area contributed by atoms with E-state index in [9.17, 15) is 45.3 Å². The van der Waals surface area contributed by atoms with E-state index in [4.69, 9.17) is 40.9 Å².